The number of rotatable bonds is 5. The summed E-state index contributed by atoms with van der Waals surface area (Å²) in [5.41, 5.74) is 1.37. The van der Waals surface area contributed by atoms with Crippen molar-refractivity contribution in [1.29, 1.82) is 0 Å². The van der Waals surface area contributed by atoms with Crippen LogP contribution in [0.25, 0.3) is 0 Å². The van der Waals surface area contributed by atoms with Gasteiger partial charge in [0.15, 0.2) is 0 Å². The largest absolute Gasteiger partial charge is 0.311 e. The Labute approximate surface area is 129 Å². The molecule has 20 heavy (non-hydrogen) atoms. The Bertz CT molecular complexity index is 390. The van der Waals surface area contributed by atoms with Crippen LogP contribution in [0.1, 0.15) is 52.0 Å². The van der Waals surface area contributed by atoms with Gasteiger partial charge in [0.25, 0.3) is 0 Å². The fourth-order valence-electron chi connectivity index (χ4n) is 3.39. The molecule has 1 N–H and O–H groups in total. The Morgan fingerprint density at radius 2 is 1.65 bits per heavy atom. The predicted octanol–water partition coefficient (Wildman–Crippen LogP) is 5.08. The van der Waals surface area contributed by atoms with Crippen LogP contribution in [0.2, 0.25) is 5.02 Å². The van der Waals surface area contributed by atoms with Crippen LogP contribution in [-0.2, 0) is 6.42 Å². The van der Waals surface area contributed by atoms with Gasteiger partial charge in [-0.15, -0.1) is 0 Å². The summed E-state index contributed by atoms with van der Waals surface area (Å²) in [4.78, 5) is 0. The number of hydrogen-bond acceptors (Lipinski definition) is 1. The van der Waals surface area contributed by atoms with Gasteiger partial charge < -0.3 is 5.32 Å². The van der Waals surface area contributed by atoms with E-state index in [4.69, 9.17) is 11.6 Å². The minimum Gasteiger partial charge on any atom is -0.311 e. The molecule has 0 aliphatic heterocycles. The summed E-state index contributed by atoms with van der Waals surface area (Å²) in [6, 6.07) is 9.49. The molecule has 1 aromatic rings. The van der Waals surface area contributed by atoms with Gasteiger partial charge in [-0.3, -0.25) is 0 Å². The monoisotopic (exact) mass is 293 g/mol. The molecule has 1 unspecified atom stereocenters. The third-order valence-corrected chi connectivity index (χ3v) is 4.94. The molecule has 2 rings (SSSR count). The van der Waals surface area contributed by atoms with E-state index >= 15 is 0 Å². The zero-order valence-corrected chi connectivity index (χ0v) is 13.8. The molecule has 1 aliphatic rings. The molecule has 0 spiro atoms. The van der Waals surface area contributed by atoms with Gasteiger partial charge in [-0.1, -0.05) is 37.6 Å². The standard InChI is InChI=1S/C18H28ClN/c1-13(2)16-6-10-18(11-7-16)20-14(3)12-15-4-8-17(19)9-5-15/h4-5,8-9,13-14,16,18,20H,6-7,10-12H2,1-3H3. The molecule has 0 amide bonds. The molecule has 1 saturated carbocycles. The lowest BCUT2D eigenvalue weighted by molar-refractivity contribution is 0.230. The van der Waals surface area contributed by atoms with Crippen LogP contribution >= 0.6 is 11.6 Å². The first-order valence-corrected chi connectivity index (χ1v) is 8.43. The van der Waals surface area contributed by atoms with E-state index in [0.717, 1.165) is 23.3 Å². The Morgan fingerprint density at radius 1 is 1.05 bits per heavy atom. The van der Waals surface area contributed by atoms with Gasteiger partial charge in [0.2, 0.25) is 0 Å². The van der Waals surface area contributed by atoms with E-state index in [-0.39, 0.29) is 0 Å². The highest BCUT2D eigenvalue weighted by atomic mass is 35.5. The van der Waals surface area contributed by atoms with Crippen LogP contribution in [0.4, 0.5) is 0 Å². The average Bonchev–Trinajstić information content (AvgIpc) is 2.42. The van der Waals surface area contributed by atoms with Gasteiger partial charge in [-0.25, -0.2) is 0 Å². The van der Waals surface area contributed by atoms with Crippen molar-refractivity contribution in [3.05, 3.63) is 34.9 Å². The smallest absolute Gasteiger partial charge is 0.0406 e. The first-order chi connectivity index (χ1) is 9.54. The molecule has 2 heteroatoms. The summed E-state index contributed by atoms with van der Waals surface area (Å²) >= 11 is 5.93. The molecule has 0 heterocycles. The van der Waals surface area contributed by atoms with E-state index in [0.29, 0.717) is 12.1 Å². The van der Waals surface area contributed by atoms with Crippen molar-refractivity contribution in [3.8, 4) is 0 Å². The first-order valence-electron chi connectivity index (χ1n) is 8.05. The van der Waals surface area contributed by atoms with E-state index in [1.807, 2.05) is 12.1 Å². The second-order valence-corrected chi connectivity index (χ2v) is 7.19. The second kappa shape index (κ2) is 7.47. The van der Waals surface area contributed by atoms with Crippen molar-refractivity contribution < 1.29 is 0 Å². The summed E-state index contributed by atoms with van der Waals surface area (Å²) in [5, 5.41) is 4.63. The van der Waals surface area contributed by atoms with Crippen LogP contribution in [0.5, 0.6) is 0 Å². The van der Waals surface area contributed by atoms with Gasteiger partial charge >= 0.3 is 0 Å². The topological polar surface area (TPSA) is 12.0 Å². The Hall–Kier alpha value is -0.530. The molecule has 112 valence electrons. The highest BCUT2D eigenvalue weighted by Gasteiger charge is 2.23. The predicted molar refractivity (Wildman–Crippen MR) is 88.3 cm³/mol. The maximum atomic E-state index is 5.93. The fourth-order valence-corrected chi connectivity index (χ4v) is 3.51. The highest BCUT2D eigenvalue weighted by Crippen LogP contribution is 2.30. The van der Waals surface area contributed by atoms with Crippen LogP contribution in [0, 0.1) is 11.8 Å². The zero-order chi connectivity index (χ0) is 14.5. The summed E-state index contributed by atoms with van der Waals surface area (Å²) < 4.78 is 0. The number of halogens is 1. The van der Waals surface area contributed by atoms with Gasteiger partial charge in [-0.2, -0.15) is 0 Å². The van der Waals surface area contributed by atoms with Crippen LogP contribution in [0.15, 0.2) is 24.3 Å². The minimum atomic E-state index is 0.539. The summed E-state index contributed by atoms with van der Waals surface area (Å²) in [6.45, 7) is 7.02. The molecular formula is C18H28ClN. The van der Waals surface area contributed by atoms with E-state index in [2.05, 4.69) is 38.2 Å². The Kier molecular flexibility index (Phi) is 5.92. The average molecular weight is 294 g/mol. The lowest BCUT2D eigenvalue weighted by atomic mass is 9.79. The van der Waals surface area contributed by atoms with Crippen LogP contribution < -0.4 is 5.32 Å². The molecule has 1 fully saturated rings. The van der Waals surface area contributed by atoms with Crippen LogP contribution in [-0.4, -0.2) is 12.1 Å². The van der Waals surface area contributed by atoms with Gasteiger partial charge in [0.05, 0.1) is 0 Å². The molecule has 1 atom stereocenters. The lowest BCUT2D eigenvalue weighted by Crippen LogP contribution is -2.40. The number of hydrogen-bond donors (Lipinski definition) is 1. The van der Waals surface area contributed by atoms with E-state index in [1.165, 1.54) is 31.2 Å². The first kappa shape index (κ1) is 15.9. The lowest BCUT2D eigenvalue weighted by Gasteiger charge is -2.33. The normalized spacial score (nSPS) is 24.9. The third-order valence-electron chi connectivity index (χ3n) is 4.69. The van der Waals surface area contributed by atoms with Crippen molar-refractivity contribution in [2.24, 2.45) is 11.8 Å². The van der Waals surface area contributed by atoms with E-state index < -0.39 is 0 Å². The molecule has 0 bridgehead atoms. The molecule has 0 aromatic heterocycles. The molecule has 1 aromatic carbocycles. The van der Waals surface area contributed by atoms with Gasteiger partial charge in [0.1, 0.15) is 0 Å². The second-order valence-electron chi connectivity index (χ2n) is 6.75. The molecule has 0 saturated heterocycles. The number of nitrogens with one attached hydrogen (secondary N) is 1. The molecular weight excluding hydrogens is 266 g/mol. The SMILES string of the molecule is CC(Cc1ccc(Cl)cc1)NC1CCC(C(C)C)CC1. The number of benzene rings is 1. The van der Waals surface area contributed by atoms with Crippen LogP contribution in [0.3, 0.4) is 0 Å². The summed E-state index contributed by atoms with van der Waals surface area (Å²) in [5.74, 6) is 1.79. The fraction of sp³-hybridized carbons (Fsp3) is 0.667. The quantitative estimate of drug-likeness (QED) is 0.799. The van der Waals surface area contributed by atoms with Crippen molar-refractivity contribution in [2.45, 2.75) is 65.0 Å². The minimum absolute atomic E-state index is 0.539. The molecule has 0 radical (unpaired) electrons. The maximum Gasteiger partial charge on any atom is 0.0406 e. The van der Waals surface area contributed by atoms with Crippen molar-refractivity contribution >= 4 is 11.6 Å². The molecule has 1 nitrogen and oxygen atoms in total. The summed E-state index contributed by atoms with van der Waals surface area (Å²) in [7, 11) is 0. The summed E-state index contributed by atoms with van der Waals surface area (Å²) in [6.07, 6.45) is 6.55. The van der Waals surface area contributed by atoms with E-state index in [1.54, 1.807) is 0 Å². The van der Waals surface area contributed by atoms with Crippen molar-refractivity contribution in [1.82, 2.24) is 5.32 Å². The highest BCUT2D eigenvalue weighted by molar-refractivity contribution is 6.30. The van der Waals surface area contributed by atoms with Gasteiger partial charge in [-0.05, 0) is 68.6 Å². The Morgan fingerprint density at radius 3 is 2.20 bits per heavy atom. The Balaban J connectivity index is 1.75. The third kappa shape index (κ3) is 4.79. The van der Waals surface area contributed by atoms with E-state index in [9.17, 15) is 0 Å². The van der Waals surface area contributed by atoms with Crippen molar-refractivity contribution in [2.75, 3.05) is 0 Å². The van der Waals surface area contributed by atoms with Gasteiger partial charge in [0, 0.05) is 17.1 Å². The molecule has 1 aliphatic carbocycles. The maximum absolute atomic E-state index is 5.93. The zero-order valence-electron chi connectivity index (χ0n) is 13.0. The van der Waals surface area contributed by atoms with Crippen molar-refractivity contribution in [3.63, 3.8) is 0 Å².